The molecule has 2 aromatic rings. The number of hydrogen-bond donors (Lipinski definition) is 4. The Morgan fingerprint density at radius 3 is 2.65 bits per heavy atom. The number of carboxylic acids is 1. The van der Waals surface area contributed by atoms with Crippen LogP contribution in [-0.2, 0) is 14.4 Å². The number of rotatable bonds is 9. The number of pyridine rings is 1. The molecule has 2 heterocycles. The summed E-state index contributed by atoms with van der Waals surface area (Å²) in [5.41, 5.74) is 1.72. The van der Waals surface area contributed by atoms with E-state index in [4.69, 9.17) is 0 Å². The molecular formula is C27H33N5O5. The highest BCUT2D eigenvalue weighted by Gasteiger charge is 2.36. The van der Waals surface area contributed by atoms with Gasteiger partial charge in [0.25, 0.3) is 0 Å². The van der Waals surface area contributed by atoms with Crippen molar-refractivity contribution in [1.82, 2.24) is 15.6 Å². The predicted octanol–water partition coefficient (Wildman–Crippen LogP) is 3.47. The first-order valence-corrected chi connectivity index (χ1v) is 12.8. The maximum atomic E-state index is 13.0. The van der Waals surface area contributed by atoms with Crippen LogP contribution in [0.2, 0.25) is 0 Å². The van der Waals surface area contributed by atoms with E-state index < -0.39 is 17.9 Å². The summed E-state index contributed by atoms with van der Waals surface area (Å²) in [6.07, 6.45) is 8.77. The number of nitrogens with one attached hydrogen (secondary N) is 3. The molecule has 0 radical (unpaired) electrons. The van der Waals surface area contributed by atoms with Crippen LogP contribution in [0.25, 0.3) is 0 Å². The van der Waals surface area contributed by atoms with E-state index in [1.165, 1.54) is 30.4 Å². The second-order valence-corrected chi connectivity index (χ2v) is 9.74. The molecule has 2 atom stereocenters. The van der Waals surface area contributed by atoms with E-state index in [1.807, 2.05) is 0 Å². The fourth-order valence-electron chi connectivity index (χ4n) is 4.99. The van der Waals surface area contributed by atoms with Gasteiger partial charge in [-0.2, -0.15) is 0 Å². The SMILES string of the molecule is O=C(O)CC(NC(=O)C1CC(=O)N(c2cccc(NC(=O)NCC3CCCCC3)c2)C1)c1cccnc1. The fourth-order valence-corrected chi connectivity index (χ4v) is 4.99. The lowest BCUT2D eigenvalue weighted by atomic mass is 9.89. The Hall–Kier alpha value is -3.95. The summed E-state index contributed by atoms with van der Waals surface area (Å²) in [6.45, 7) is 0.809. The Morgan fingerprint density at radius 2 is 1.92 bits per heavy atom. The third-order valence-corrected chi connectivity index (χ3v) is 6.97. The van der Waals surface area contributed by atoms with E-state index >= 15 is 0 Å². The molecule has 0 bridgehead atoms. The highest BCUT2D eigenvalue weighted by molar-refractivity contribution is 6.01. The first-order valence-electron chi connectivity index (χ1n) is 12.8. The smallest absolute Gasteiger partial charge is 0.319 e. The van der Waals surface area contributed by atoms with Gasteiger partial charge in [-0.15, -0.1) is 0 Å². The highest BCUT2D eigenvalue weighted by Crippen LogP contribution is 2.28. The number of aromatic nitrogens is 1. The van der Waals surface area contributed by atoms with Gasteiger partial charge < -0.3 is 26.0 Å². The fraction of sp³-hybridized carbons (Fsp3) is 0.444. The van der Waals surface area contributed by atoms with E-state index in [1.54, 1.807) is 42.6 Å². The van der Waals surface area contributed by atoms with E-state index in [0.29, 0.717) is 29.4 Å². The number of carboxylic acid groups (broad SMARTS) is 1. The van der Waals surface area contributed by atoms with Gasteiger partial charge in [-0.05, 0) is 48.6 Å². The second kappa shape index (κ2) is 12.3. The monoisotopic (exact) mass is 507 g/mol. The van der Waals surface area contributed by atoms with Crippen LogP contribution in [0.15, 0.2) is 48.8 Å². The van der Waals surface area contributed by atoms with Crippen LogP contribution < -0.4 is 20.9 Å². The highest BCUT2D eigenvalue weighted by atomic mass is 16.4. The molecule has 2 fully saturated rings. The topological polar surface area (TPSA) is 141 Å². The third-order valence-electron chi connectivity index (χ3n) is 6.97. The van der Waals surface area contributed by atoms with Crippen molar-refractivity contribution in [1.29, 1.82) is 0 Å². The Balaban J connectivity index is 1.35. The third kappa shape index (κ3) is 7.28. The average Bonchev–Trinajstić information content (AvgIpc) is 3.30. The van der Waals surface area contributed by atoms with E-state index in [9.17, 15) is 24.3 Å². The Morgan fingerprint density at radius 1 is 1.11 bits per heavy atom. The van der Waals surface area contributed by atoms with Gasteiger partial charge in [-0.3, -0.25) is 19.4 Å². The molecule has 1 saturated heterocycles. The summed E-state index contributed by atoms with van der Waals surface area (Å²) in [7, 11) is 0. The molecule has 10 heteroatoms. The molecule has 2 aliphatic rings. The molecule has 0 spiro atoms. The molecule has 2 unspecified atom stereocenters. The number of carbonyl (C=O) groups excluding carboxylic acids is 3. The van der Waals surface area contributed by atoms with E-state index in [0.717, 1.165) is 12.8 Å². The molecule has 37 heavy (non-hydrogen) atoms. The van der Waals surface area contributed by atoms with Crippen LogP contribution in [0, 0.1) is 11.8 Å². The molecule has 1 aromatic carbocycles. The lowest BCUT2D eigenvalue weighted by Crippen LogP contribution is -2.36. The van der Waals surface area contributed by atoms with Crippen molar-refractivity contribution in [2.45, 2.75) is 51.0 Å². The van der Waals surface area contributed by atoms with Crippen molar-refractivity contribution in [2.75, 3.05) is 23.3 Å². The van der Waals surface area contributed by atoms with Crippen molar-refractivity contribution >= 4 is 35.2 Å². The van der Waals surface area contributed by atoms with Crippen molar-refractivity contribution in [2.24, 2.45) is 11.8 Å². The van der Waals surface area contributed by atoms with Crippen LogP contribution in [0.1, 0.15) is 56.6 Å². The van der Waals surface area contributed by atoms with Gasteiger partial charge in [-0.1, -0.05) is 31.4 Å². The molecular weight excluding hydrogens is 474 g/mol. The zero-order chi connectivity index (χ0) is 26.2. The minimum Gasteiger partial charge on any atom is -0.481 e. The van der Waals surface area contributed by atoms with Gasteiger partial charge in [0.2, 0.25) is 11.8 Å². The maximum absolute atomic E-state index is 13.0. The van der Waals surface area contributed by atoms with Crippen molar-refractivity contribution in [3.63, 3.8) is 0 Å². The standard InChI is InChI=1S/C27H33N5O5/c33-24-12-20(26(36)31-23(14-25(34)35)19-8-5-11-28-16-19)17-32(24)22-10-4-9-21(13-22)30-27(37)29-15-18-6-2-1-3-7-18/h4-5,8-11,13,16,18,20,23H,1-3,6-7,12,14-15,17H2,(H,31,36)(H,34,35)(H2,29,30,37). The zero-order valence-corrected chi connectivity index (χ0v) is 20.7. The summed E-state index contributed by atoms with van der Waals surface area (Å²) in [4.78, 5) is 55.0. The van der Waals surface area contributed by atoms with Gasteiger partial charge in [0.05, 0.1) is 18.4 Å². The number of amides is 4. The summed E-state index contributed by atoms with van der Waals surface area (Å²) in [6, 6.07) is 9.31. The maximum Gasteiger partial charge on any atom is 0.319 e. The molecule has 1 aliphatic heterocycles. The van der Waals surface area contributed by atoms with Gasteiger partial charge in [0.1, 0.15) is 0 Å². The number of benzene rings is 1. The number of carbonyl (C=O) groups is 4. The van der Waals surface area contributed by atoms with Crippen LogP contribution >= 0.6 is 0 Å². The zero-order valence-electron chi connectivity index (χ0n) is 20.7. The van der Waals surface area contributed by atoms with Gasteiger partial charge in [0, 0.05) is 43.3 Å². The van der Waals surface area contributed by atoms with Crippen molar-refractivity contribution in [3.8, 4) is 0 Å². The number of urea groups is 1. The normalized spacial score (nSPS) is 18.8. The number of aliphatic carboxylic acids is 1. The molecule has 4 N–H and O–H groups in total. The molecule has 1 aliphatic carbocycles. The Bertz CT molecular complexity index is 1120. The van der Waals surface area contributed by atoms with Crippen LogP contribution in [-0.4, -0.2) is 47.0 Å². The quantitative estimate of drug-likeness (QED) is 0.410. The van der Waals surface area contributed by atoms with Crippen LogP contribution in [0.5, 0.6) is 0 Å². The van der Waals surface area contributed by atoms with Crippen molar-refractivity contribution < 1.29 is 24.3 Å². The average molecular weight is 508 g/mol. The molecule has 4 rings (SSSR count). The second-order valence-electron chi connectivity index (χ2n) is 9.74. The van der Waals surface area contributed by atoms with Gasteiger partial charge in [-0.25, -0.2) is 4.79 Å². The summed E-state index contributed by atoms with van der Waals surface area (Å²) >= 11 is 0. The predicted molar refractivity (Wildman–Crippen MR) is 138 cm³/mol. The number of anilines is 2. The van der Waals surface area contributed by atoms with E-state index in [-0.39, 0.29) is 37.2 Å². The first-order chi connectivity index (χ1) is 17.9. The summed E-state index contributed by atoms with van der Waals surface area (Å²) in [5.74, 6) is -1.76. The van der Waals surface area contributed by atoms with Crippen molar-refractivity contribution in [3.05, 3.63) is 54.4 Å². The van der Waals surface area contributed by atoms with Gasteiger partial charge in [0.15, 0.2) is 0 Å². The molecule has 1 aromatic heterocycles. The first kappa shape index (κ1) is 26.1. The number of nitrogens with zero attached hydrogens (tertiary/aromatic N) is 2. The Kier molecular flexibility index (Phi) is 8.71. The minimum absolute atomic E-state index is 0.0121. The molecule has 10 nitrogen and oxygen atoms in total. The van der Waals surface area contributed by atoms with Crippen LogP contribution in [0.4, 0.5) is 16.2 Å². The summed E-state index contributed by atoms with van der Waals surface area (Å²) < 4.78 is 0. The van der Waals surface area contributed by atoms with Crippen LogP contribution in [0.3, 0.4) is 0 Å². The molecule has 4 amide bonds. The lowest BCUT2D eigenvalue weighted by molar-refractivity contribution is -0.138. The molecule has 1 saturated carbocycles. The minimum atomic E-state index is -1.05. The Labute approximate surface area is 215 Å². The van der Waals surface area contributed by atoms with Gasteiger partial charge >= 0.3 is 12.0 Å². The summed E-state index contributed by atoms with van der Waals surface area (Å²) in [5, 5.41) is 17.8. The largest absolute Gasteiger partial charge is 0.481 e. The lowest BCUT2D eigenvalue weighted by Gasteiger charge is -2.22. The van der Waals surface area contributed by atoms with E-state index in [2.05, 4.69) is 20.9 Å². The molecule has 196 valence electrons. The number of hydrogen-bond acceptors (Lipinski definition) is 5.